The zero-order valence-corrected chi connectivity index (χ0v) is 57.3. The van der Waals surface area contributed by atoms with Gasteiger partial charge in [0, 0.05) is 12.8 Å². The molecule has 0 radical (unpaired) electrons. The first-order chi connectivity index (χ1) is 42.4. The summed E-state index contributed by atoms with van der Waals surface area (Å²) in [7, 11) is 1.14. The minimum absolute atomic E-state index is 0.0382. The van der Waals surface area contributed by atoms with Crippen LogP contribution in [0, 0.1) is 0 Å². The number of phosphoric acid groups is 1. The smallest absolute Gasteiger partial charge is 0.306 e. The Bertz CT molecular complexity index is 2050. The third-order valence-corrected chi connectivity index (χ3v) is 15.4. The molecule has 3 unspecified atom stereocenters. The molecule has 0 saturated carbocycles. The van der Waals surface area contributed by atoms with Crippen molar-refractivity contribution in [2.45, 2.75) is 277 Å². The number of ether oxygens (including phenoxy) is 1. The second kappa shape index (κ2) is 64.6. The van der Waals surface area contributed by atoms with Crippen molar-refractivity contribution >= 4 is 19.7 Å². The number of quaternary nitrogens is 1. The van der Waals surface area contributed by atoms with Gasteiger partial charge in [-0.2, -0.15) is 0 Å². The molecule has 9 nitrogen and oxygen atoms in total. The van der Waals surface area contributed by atoms with Crippen LogP contribution in [0.15, 0.2) is 158 Å². The van der Waals surface area contributed by atoms with Crippen LogP contribution in [-0.4, -0.2) is 69.4 Å². The molecule has 0 aromatic carbocycles. The van der Waals surface area contributed by atoms with Crippen molar-refractivity contribution in [3.05, 3.63) is 158 Å². The highest BCUT2D eigenvalue weighted by atomic mass is 31.2. The molecule has 1 amide bonds. The maximum Gasteiger partial charge on any atom is 0.306 e. The van der Waals surface area contributed by atoms with Crippen molar-refractivity contribution in [1.29, 1.82) is 0 Å². The molecule has 0 spiro atoms. The highest BCUT2D eigenvalue weighted by Gasteiger charge is 2.27. The van der Waals surface area contributed by atoms with Gasteiger partial charge in [0.1, 0.15) is 19.3 Å². The summed E-state index contributed by atoms with van der Waals surface area (Å²) in [5.74, 6) is -0.591. The fourth-order valence-corrected chi connectivity index (χ4v) is 9.90. The van der Waals surface area contributed by atoms with E-state index >= 15 is 0 Å². The summed E-state index contributed by atoms with van der Waals surface area (Å²) in [6.45, 7) is 6.57. The second-order valence-electron chi connectivity index (χ2n) is 23.9. The monoisotopic (exact) mass is 1220 g/mol. The molecule has 0 aliphatic carbocycles. The Morgan fingerprint density at radius 3 is 1.10 bits per heavy atom. The van der Waals surface area contributed by atoms with E-state index < -0.39 is 26.6 Å². The summed E-state index contributed by atoms with van der Waals surface area (Å²) in [6, 6.07) is -0.919. The van der Waals surface area contributed by atoms with Crippen LogP contribution in [0.4, 0.5) is 0 Å². The molecule has 494 valence electrons. The molecule has 0 aliphatic rings. The number of carbonyl (C=O) groups is 2. The van der Waals surface area contributed by atoms with E-state index in [2.05, 4.69) is 172 Å². The van der Waals surface area contributed by atoms with E-state index in [-0.39, 0.29) is 31.3 Å². The number of nitrogens with zero attached hydrogens (tertiary/aromatic N) is 1. The molecule has 3 atom stereocenters. The SMILES string of the molecule is CC/C=C\C/C=C\C/C=C\C/C=C\C/C=C\C/C=C\CCCCCCCCCCC(=O)OC(/C=C/CCCCCCCCCCC)C(COP(=O)([O-])OCC[N+](C)(C)C)NC(=O)CCCCCC/C=C\C/C=C\C/C=C\C/C=C\C/C=C\C/C=C\CC. The molecule has 0 aromatic heterocycles. The van der Waals surface area contributed by atoms with Gasteiger partial charge in [0.15, 0.2) is 0 Å². The highest BCUT2D eigenvalue weighted by molar-refractivity contribution is 7.45. The standard InChI is InChI=1S/C77H129N2O7P/c1-7-10-13-16-19-22-25-27-29-31-33-35-37-38-39-40-42-44-46-48-50-52-55-58-61-64-67-70-77(81)86-75(68-65-62-59-56-53-24-21-18-15-12-9-3)74(73-85-87(82,83)84-72-71-79(4,5)6)78-76(80)69-66-63-60-57-54-51-49-47-45-43-41-36-34-32-30-28-26-23-20-17-14-11-8-2/h10-11,13-14,19-20,22-23,27-30,33-36,38-39,42-45,49,51,65,68,74-75H,7-9,12,15-18,21,24-26,31-32,37,40-41,46-48,50,52-64,66-67,69-73H2,1-6H3,(H-,78,80,82,83)/b13-10-,14-11-,22-19-,23-20-,29-27-,30-28-,35-33-,36-34-,39-38-,44-42-,45-43-,51-49-,68-65+. The maximum atomic E-state index is 13.6. The van der Waals surface area contributed by atoms with E-state index in [0.717, 1.165) is 148 Å². The number of rotatable bonds is 61. The molecule has 0 saturated heterocycles. The molecule has 0 bridgehead atoms. The first-order valence-corrected chi connectivity index (χ1v) is 36.3. The largest absolute Gasteiger partial charge is 0.756 e. The van der Waals surface area contributed by atoms with E-state index in [1.807, 2.05) is 33.3 Å². The zero-order chi connectivity index (χ0) is 63.5. The Balaban J connectivity index is 5.15. The number of hydrogen-bond donors (Lipinski definition) is 1. The van der Waals surface area contributed by atoms with Crippen molar-refractivity contribution in [1.82, 2.24) is 5.32 Å². The molecule has 0 fully saturated rings. The summed E-state index contributed by atoms with van der Waals surface area (Å²) in [5.41, 5.74) is 0. The fourth-order valence-electron chi connectivity index (χ4n) is 9.18. The van der Waals surface area contributed by atoms with Gasteiger partial charge in [0.2, 0.25) is 5.91 Å². The third-order valence-electron chi connectivity index (χ3n) is 14.5. The normalized spacial score (nSPS) is 14.5. The van der Waals surface area contributed by atoms with Crippen molar-refractivity contribution < 1.29 is 37.3 Å². The summed E-state index contributed by atoms with van der Waals surface area (Å²) in [4.78, 5) is 40.2. The van der Waals surface area contributed by atoms with Gasteiger partial charge in [-0.1, -0.05) is 275 Å². The Kier molecular flexibility index (Phi) is 61.4. The van der Waals surface area contributed by atoms with Crippen LogP contribution in [0.5, 0.6) is 0 Å². The number of esters is 1. The van der Waals surface area contributed by atoms with Crippen LogP contribution in [0.1, 0.15) is 265 Å². The van der Waals surface area contributed by atoms with E-state index in [1.165, 1.54) is 70.6 Å². The van der Waals surface area contributed by atoms with Gasteiger partial charge in [-0.25, -0.2) is 0 Å². The van der Waals surface area contributed by atoms with Crippen LogP contribution in [0.3, 0.4) is 0 Å². The number of likely N-dealkylation sites (N-methyl/N-ethyl adjacent to an activating group) is 1. The Morgan fingerprint density at radius 1 is 0.414 bits per heavy atom. The average Bonchev–Trinajstić information content (AvgIpc) is 3.70. The lowest BCUT2D eigenvalue weighted by atomic mass is 10.1. The molecule has 10 heteroatoms. The molecule has 1 N–H and O–H groups in total. The van der Waals surface area contributed by atoms with Crippen LogP contribution in [0.25, 0.3) is 0 Å². The predicted molar refractivity (Wildman–Crippen MR) is 376 cm³/mol. The highest BCUT2D eigenvalue weighted by Crippen LogP contribution is 2.38. The fraction of sp³-hybridized carbons (Fsp3) is 0.636. The Morgan fingerprint density at radius 2 is 0.736 bits per heavy atom. The lowest BCUT2D eigenvalue weighted by Gasteiger charge is -2.30. The summed E-state index contributed by atoms with van der Waals surface area (Å²) in [6.07, 6.45) is 95.1. The molecular formula is C77H129N2O7P. The summed E-state index contributed by atoms with van der Waals surface area (Å²) < 4.78 is 30.4. The number of hydrogen-bond acceptors (Lipinski definition) is 7. The first-order valence-electron chi connectivity index (χ1n) is 34.8. The van der Waals surface area contributed by atoms with Gasteiger partial charge in [-0.15, -0.1) is 0 Å². The minimum Gasteiger partial charge on any atom is -0.756 e. The number of carbonyl (C=O) groups excluding carboxylic acids is 2. The zero-order valence-electron chi connectivity index (χ0n) is 56.4. The van der Waals surface area contributed by atoms with Crippen LogP contribution in [0.2, 0.25) is 0 Å². The van der Waals surface area contributed by atoms with Gasteiger partial charge in [-0.3, -0.25) is 14.2 Å². The number of allylic oxidation sites excluding steroid dienone is 25. The first kappa shape index (κ1) is 82.6. The van der Waals surface area contributed by atoms with E-state index in [1.54, 1.807) is 0 Å². The quantitative estimate of drug-likeness (QED) is 0.0212. The van der Waals surface area contributed by atoms with E-state index in [0.29, 0.717) is 23.9 Å². The number of phosphoric ester groups is 1. The second-order valence-corrected chi connectivity index (χ2v) is 25.3. The molecule has 0 aliphatic heterocycles. The van der Waals surface area contributed by atoms with Crippen molar-refractivity contribution in [3.63, 3.8) is 0 Å². The summed E-state index contributed by atoms with van der Waals surface area (Å²) >= 11 is 0. The lowest BCUT2D eigenvalue weighted by molar-refractivity contribution is -0.870. The van der Waals surface area contributed by atoms with Gasteiger partial charge in [0.25, 0.3) is 7.82 Å². The van der Waals surface area contributed by atoms with Gasteiger partial charge in [0.05, 0.1) is 33.8 Å². The molecular weight excluding hydrogens is 1100 g/mol. The minimum atomic E-state index is -4.72. The predicted octanol–water partition coefficient (Wildman–Crippen LogP) is 21.7. The number of amides is 1. The van der Waals surface area contributed by atoms with Gasteiger partial charge < -0.3 is 28.5 Å². The van der Waals surface area contributed by atoms with Gasteiger partial charge >= 0.3 is 5.97 Å². The van der Waals surface area contributed by atoms with Crippen molar-refractivity contribution in [2.24, 2.45) is 0 Å². The van der Waals surface area contributed by atoms with Crippen LogP contribution < -0.4 is 10.2 Å². The van der Waals surface area contributed by atoms with Crippen molar-refractivity contribution in [2.75, 3.05) is 40.9 Å². The molecule has 0 heterocycles. The summed E-state index contributed by atoms with van der Waals surface area (Å²) in [5, 5.41) is 3.02. The molecule has 0 rings (SSSR count). The maximum absolute atomic E-state index is 13.6. The number of nitrogens with one attached hydrogen (secondary N) is 1. The topological polar surface area (TPSA) is 114 Å². The average molecular weight is 1230 g/mol. The number of unbranched alkanes of at least 4 members (excludes halogenated alkanes) is 21. The van der Waals surface area contributed by atoms with E-state index in [4.69, 9.17) is 13.8 Å². The molecule has 0 aromatic rings. The van der Waals surface area contributed by atoms with Crippen molar-refractivity contribution in [3.8, 4) is 0 Å². The van der Waals surface area contributed by atoms with Crippen LogP contribution >= 0.6 is 7.82 Å². The lowest BCUT2D eigenvalue weighted by Crippen LogP contribution is -2.47. The van der Waals surface area contributed by atoms with Crippen LogP contribution in [-0.2, 0) is 27.9 Å². The third kappa shape index (κ3) is 65.9. The Labute approximate surface area is 535 Å². The Hall–Kier alpha value is -4.37. The van der Waals surface area contributed by atoms with Gasteiger partial charge in [-0.05, 0) is 134 Å². The molecule has 87 heavy (non-hydrogen) atoms. The van der Waals surface area contributed by atoms with E-state index in [9.17, 15) is 19.0 Å².